The Morgan fingerprint density at radius 2 is 1.56 bits per heavy atom. The lowest BCUT2D eigenvalue weighted by Crippen LogP contribution is -2.20. The van der Waals surface area contributed by atoms with Gasteiger partial charge in [0.1, 0.15) is 12.4 Å². The molecule has 0 aliphatic carbocycles. The molecule has 34 heavy (non-hydrogen) atoms. The molecule has 0 bridgehead atoms. The van der Waals surface area contributed by atoms with Crippen LogP contribution >= 0.6 is 0 Å². The van der Waals surface area contributed by atoms with Crippen molar-refractivity contribution in [3.8, 4) is 16.9 Å². The van der Waals surface area contributed by atoms with E-state index in [-0.39, 0.29) is 5.78 Å². The number of hydrogen-bond donors (Lipinski definition) is 1. The van der Waals surface area contributed by atoms with Gasteiger partial charge < -0.3 is 19.9 Å². The zero-order valence-electron chi connectivity index (χ0n) is 20.6. The van der Waals surface area contributed by atoms with Crippen molar-refractivity contribution in [2.75, 3.05) is 59.7 Å². The Bertz CT molecular complexity index is 1070. The maximum absolute atomic E-state index is 12.8. The van der Waals surface area contributed by atoms with Gasteiger partial charge in [-0.2, -0.15) is 0 Å². The zero-order chi connectivity index (χ0) is 24.3. The van der Waals surface area contributed by atoms with Gasteiger partial charge in [-0.05, 0) is 87.9 Å². The minimum Gasteiger partial charge on any atom is -0.492 e. The third-order valence-electron chi connectivity index (χ3n) is 5.38. The molecule has 5 heteroatoms. The first-order chi connectivity index (χ1) is 16.4. The Balaban J connectivity index is 1.75. The second kappa shape index (κ2) is 12.7. The van der Waals surface area contributed by atoms with E-state index in [2.05, 4.69) is 39.4 Å². The van der Waals surface area contributed by atoms with Crippen LogP contribution in [0.2, 0.25) is 0 Å². The summed E-state index contributed by atoms with van der Waals surface area (Å²) in [7, 11) is 8.13. The van der Waals surface area contributed by atoms with Crippen molar-refractivity contribution in [2.45, 2.75) is 0 Å². The van der Waals surface area contributed by atoms with Crippen LogP contribution < -0.4 is 10.1 Å². The lowest BCUT2D eigenvalue weighted by Gasteiger charge is -2.14. The van der Waals surface area contributed by atoms with Crippen LogP contribution in [0.25, 0.3) is 17.2 Å². The van der Waals surface area contributed by atoms with Crippen molar-refractivity contribution in [1.29, 1.82) is 0 Å². The van der Waals surface area contributed by atoms with Gasteiger partial charge in [0, 0.05) is 36.4 Å². The number of benzene rings is 3. The van der Waals surface area contributed by atoms with Crippen LogP contribution in [0.1, 0.15) is 15.9 Å². The number of rotatable bonds is 12. The lowest BCUT2D eigenvalue weighted by atomic mass is 10.0. The monoisotopic (exact) mass is 457 g/mol. The molecule has 3 aromatic rings. The smallest absolute Gasteiger partial charge is 0.185 e. The lowest BCUT2D eigenvalue weighted by molar-refractivity contribution is 0.104. The SMILES string of the molecule is CN(C)CCNc1ccc(C(=O)C=Cc2cc(-c3ccccc3)ccc2OCCN(C)C)cc1. The van der Waals surface area contributed by atoms with Crippen LogP contribution in [0, 0.1) is 0 Å². The minimum atomic E-state index is -0.0378. The number of hydrogen-bond acceptors (Lipinski definition) is 5. The van der Waals surface area contributed by atoms with Gasteiger partial charge in [0.25, 0.3) is 0 Å². The van der Waals surface area contributed by atoms with Crippen molar-refractivity contribution in [2.24, 2.45) is 0 Å². The van der Waals surface area contributed by atoms with E-state index < -0.39 is 0 Å². The predicted molar refractivity (Wildman–Crippen MR) is 143 cm³/mol. The minimum absolute atomic E-state index is 0.0378. The van der Waals surface area contributed by atoms with Gasteiger partial charge in [-0.3, -0.25) is 4.79 Å². The van der Waals surface area contributed by atoms with E-state index in [4.69, 9.17) is 4.74 Å². The molecule has 178 valence electrons. The molecule has 0 radical (unpaired) electrons. The highest BCUT2D eigenvalue weighted by atomic mass is 16.5. The Morgan fingerprint density at radius 3 is 2.24 bits per heavy atom. The molecule has 3 rings (SSSR count). The molecule has 0 atom stereocenters. The molecule has 0 spiro atoms. The Morgan fingerprint density at radius 1 is 0.853 bits per heavy atom. The second-order valence-corrected chi connectivity index (χ2v) is 8.78. The summed E-state index contributed by atoms with van der Waals surface area (Å²) in [5, 5.41) is 3.37. The van der Waals surface area contributed by atoms with Crippen molar-refractivity contribution < 1.29 is 9.53 Å². The topological polar surface area (TPSA) is 44.8 Å². The summed E-state index contributed by atoms with van der Waals surface area (Å²) in [6.45, 7) is 3.20. The van der Waals surface area contributed by atoms with Gasteiger partial charge in [-0.25, -0.2) is 0 Å². The maximum Gasteiger partial charge on any atom is 0.185 e. The van der Waals surface area contributed by atoms with Crippen LogP contribution in [0.4, 0.5) is 5.69 Å². The van der Waals surface area contributed by atoms with Crippen molar-refractivity contribution in [3.63, 3.8) is 0 Å². The molecule has 0 amide bonds. The van der Waals surface area contributed by atoms with Gasteiger partial charge in [-0.15, -0.1) is 0 Å². The summed E-state index contributed by atoms with van der Waals surface area (Å²) < 4.78 is 6.03. The van der Waals surface area contributed by atoms with Crippen LogP contribution in [0.5, 0.6) is 5.75 Å². The van der Waals surface area contributed by atoms with Crippen LogP contribution in [0.3, 0.4) is 0 Å². The van der Waals surface area contributed by atoms with Gasteiger partial charge >= 0.3 is 0 Å². The fourth-order valence-electron chi connectivity index (χ4n) is 3.40. The number of nitrogens with zero attached hydrogens (tertiary/aromatic N) is 2. The van der Waals surface area contributed by atoms with Crippen molar-refractivity contribution >= 4 is 17.5 Å². The third-order valence-corrected chi connectivity index (χ3v) is 5.38. The second-order valence-electron chi connectivity index (χ2n) is 8.78. The van der Waals surface area contributed by atoms with Gasteiger partial charge in [0.2, 0.25) is 0 Å². The van der Waals surface area contributed by atoms with E-state index in [9.17, 15) is 4.79 Å². The van der Waals surface area contributed by atoms with E-state index in [1.807, 2.05) is 82.8 Å². The van der Waals surface area contributed by atoms with Crippen molar-refractivity contribution in [3.05, 3.63) is 90.0 Å². The molecule has 0 saturated heterocycles. The van der Waals surface area contributed by atoms with Crippen molar-refractivity contribution in [1.82, 2.24) is 9.80 Å². The quantitative estimate of drug-likeness (QED) is 0.301. The van der Waals surface area contributed by atoms with E-state index in [1.54, 1.807) is 6.08 Å². The van der Waals surface area contributed by atoms with E-state index in [1.165, 1.54) is 0 Å². The van der Waals surface area contributed by atoms with E-state index >= 15 is 0 Å². The number of likely N-dealkylation sites (N-methyl/N-ethyl adjacent to an activating group) is 2. The number of ether oxygens (including phenoxy) is 1. The first-order valence-electron chi connectivity index (χ1n) is 11.6. The fourth-order valence-corrected chi connectivity index (χ4v) is 3.40. The van der Waals surface area contributed by atoms with Crippen LogP contribution in [0.15, 0.2) is 78.9 Å². The Labute approximate surface area is 203 Å². The molecule has 0 aliphatic rings. The van der Waals surface area contributed by atoms with E-state index in [0.717, 1.165) is 47.8 Å². The highest BCUT2D eigenvalue weighted by molar-refractivity contribution is 6.07. The molecule has 0 heterocycles. The fraction of sp³-hybridized carbons (Fsp3) is 0.276. The number of allylic oxidation sites excluding steroid dienone is 1. The molecule has 5 nitrogen and oxygen atoms in total. The highest BCUT2D eigenvalue weighted by Gasteiger charge is 2.07. The Kier molecular flexibility index (Phi) is 9.44. The average molecular weight is 458 g/mol. The van der Waals surface area contributed by atoms with Gasteiger partial charge in [0.15, 0.2) is 5.78 Å². The summed E-state index contributed by atoms with van der Waals surface area (Å²) in [6, 6.07) is 23.9. The Hall–Kier alpha value is -3.41. The zero-order valence-corrected chi connectivity index (χ0v) is 20.6. The summed E-state index contributed by atoms with van der Waals surface area (Å²) >= 11 is 0. The van der Waals surface area contributed by atoms with Crippen LogP contribution in [-0.4, -0.2) is 70.0 Å². The highest BCUT2D eigenvalue weighted by Crippen LogP contribution is 2.28. The van der Waals surface area contributed by atoms with Crippen LogP contribution in [-0.2, 0) is 0 Å². The summed E-state index contributed by atoms with van der Waals surface area (Å²) in [5.41, 5.74) is 4.76. The molecule has 1 N–H and O–H groups in total. The molecule has 0 fully saturated rings. The number of carbonyl (C=O) groups is 1. The van der Waals surface area contributed by atoms with Gasteiger partial charge in [-0.1, -0.05) is 36.4 Å². The standard InChI is InChI=1S/C29H35N3O2/c1-31(2)19-18-30-27-14-10-24(11-15-27)28(33)16-12-26-22-25(23-8-6-5-7-9-23)13-17-29(26)34-21-20-32(3)4/h5-17,22,30H,18-21H2,1-4H3. The summed E-state index contributed by atoms with van der Waals surface area (Å²) in [5.74, 6) is 0.732. The summed E-state index contributed by atoms with van der Waals surface area (Å²) in [4.78, 5) is 17.0. The largest absolute Gasteiger partial charge is 0.492 e. The summed E-state index contributed by atoms with van der Waals surface area (Å²) in [6.07, 6.45) is 3.47. The maximum atomic E-state index is 12.8. The number of ketones is 1. The molecule has 0 unspecified atom stereocenters. The molecule has 0 aromatic heterocycles. The molecule has 0 saturated carbocycles. The third kappa shape index (κ3) is 7.87. The molecule has 3 aromatic carbocycles. The first-order valence-corrected chi connectivity index (χ1v) is 11.6. The molecule has 0 aliphatic heterocycles. The number of nitrogens with one attached hydrogen (secondary N) is 1. The number of carbonyl (C=O) groups excluding carboxylic acids is 1. The predicted octanol–water partition coefficient (Wildman–Crippen LogP) is 5.16. The van der Waals surface area contributed by atoms with Gasteiger partial charge in [0.05, 0.1) is 0 Å². The molecular formula is C29H35N3O2. The first kappa shape index (κ1) is 25.2. The average Bonchev–Trinajstić information content (AvgIpc) is 2.83. The normalized spacial score (nSPS) is 11.4. The van der Waals surface area contributed by atoms with E-state index in [0.29, 0.717) is 12.2 Å². The molecular weight excluding hydrogens is 422 g/mol. The number of anilines is 1.